The number of ether oxygens (including phenoxy) is 2. The molecule has 1 unspecified atom stereocenters. The van der Waals surface area contributed by atoms with Crippen LogP contribution in [0.1, 0.15) is 49.3 Å². The topological polar surface area (TPSA) is 78.9 Å². The zero-order valence-corrected chi connectivity index (χ0v) is 20.5. The molecule has 1 N–H and O–H groups in total. The second-order valence-corrected chi connectivity index (χ2v) is 9.32. The van der Waals surface area contributed by atoms with Gasteiger partial charge in [-0.1, -0.05) is 6.07 Å². The lowest BCUT2D eigenvalue weighted by Crippen LogP contribution is -2.19. The number of rotatable bonds is 12. The first kappa shape index (κ1) is 25.2. The summed E-state index contributed by atoms with van der Waals surface area (Å²) in [6.45, 7) is 12.5. The van der Waals surface area contributed by atoms with Crippen molar-refractivity contribution < 1.29 is 23.1 Å². The van der Waals surface area contributed by atoms with E-state index in [1.54, 1.807) is 7.11 Å². The third-order valence-electron chi connectivity index (χ3n) is 4.78. The van der Waals surface area contributed by atoms with Crippen molar-refractivity contribution in [3.05, 3.63) is 46.8 Å². The predicted molar refractivity (Wildman–Crippen MR) is 125 cm³/mol. The van der Waals surface area contributed by atoms with Crippen LogP contribution < -0.4 is 14.8 Å². The van der Waals surface area contributed by atoms with Crippen LogP contribution in [0.25, 0.3) is 0 Å². The number of aryl methyl sites for hydroxylation is 3. The van der Waals surface area contributed by atoms with Crippen LogP contribution in [0.2, 0.25) is 0 Å². The van der Waals surface area contributed by atoms with Crippen LogP contribution in [0.5, 0.6) is 11.5 Å². The Morgan fingerprint density at radius 2 is 1.71 bits per heavy atom. The Morgan fingerprint density at radius 3 is 2.26 bits per heavy atom. The zero-order chi connectivity index (χ0) is 23.0. The molecule has 31 heavy (non-hydrogen) atoms. The number of hydrogen-bond acceptors (Lipinski definition) is 7. The summed E-state index contributed by atoms with van der Waals surface area (Å²) in [5, 5.41) is 3.51. The standard InChI is InChI=1S/C23H35N2O5P/c1-8-28-22-14-19(13-16(4)23(22)27-7)21(15-31(26,29-9-2)30-10-3)25-20-12-11-17(5)24-18(20)6/h11-14,21,25H,8-10,15H2,1-7H3. The molecule has 1 aromatic carbocycles. The van der Waals surface area contributed by atoms with E-state index in [9.17, 15) is 4.57 Å². The molecule has 0 aliphatic carbocycles. The summed E-state index contributed by atoms with van der Waals surface area (Å²) >= 11 is 0. The largest absolute Gasteiger partial charge is 0.493 e. The first-order chi connectivity index (χ1) is 14.8. The van der Waals surface area contributed by atoms with Crippen LogP contribution in [0.15, 0.2) is 24.3 Å². The molecule has 2 aromatic rings. The molecule has 7 nitrogen and oxygen atoms in total. The minimum Gasteiger partial charge on any atom is -0.493 e. The maximum absolute atomic E-state index is 13.4. The van der Waals surface area contributed by atoms with Gasteiger partial charge in [-0.15, -0.1) is 0 Å². The molecule has 0 fully saturated rings. The smallest absolute Gasteiger partial charge is 0.333 e. The van der Waals surface area contributed by atoms with Gasteiger partial charge in [0.05, 0.1) is 50.5 Å². The van der Waals surface area contributed by atoms with Crippen LogP contribution in [0.3, 0.4) is 0 Å². The van der Waals surface area contributed by atoms with E-state index in [1.807, 2.05) is 65.8 Å². The van der Waals surface area contributed by atoms with Crippen molar-refractivity contribution in [3.63, 3.8) is 0 Å². The van der Waals surface area contributed by atoms with Gasteiger partial charge in [0, 0.05) is 5.69 Å². The predicted octanol–water partition coefficient (Wildman–Crippen LogP) is 5.83. The van der Waals surface area contributed by atoms with Crippen LogP contribution >= 0.6 is 7.60 Å². The highest BCUT2D eigenvalue weighted by Gasteiger charge is 2.31. The van der Waals surface area contributed by atoms with E-state index in [4.69, 9.17) is 18.5 Å². The summed E-state index contributed by atoms with van der Waals surface area (Å²) in [7, 11) is -1.70. The third kappa shape index (κ3) is 6.70. The molecule has 0 radical (unpaired) electrons. The molecule has 1 atom stereocenters. The van der Waals surface area contributed by atoms with E-state index in [-0.39, 0.29) is 12.2 Å². The minimum absolute atomic E-state index is 0.166. The molecule has 0 bridgehead atoms. The average molecular weight is 451 g/mol. The number of nitrogens with zero attached hydrogens (tertiary/aromatic N) is 1. The molecule has 0 aliphatic heterocycles. The number of aromatic nitrogens is 1. The van der Waals surface area contributed by atoms with Crippen molar-refractivity contribution in [2.24, 2.45) is 0 Å². The normalized spacial score (nSPS) is 12.5. The summed E-state index contributed by atoms with van der Waals surface area (Å²) < 4.78 is 35.9. The quantitative estimate of drug-likeness (QED) is 0.407. The summed E-state index contributed by atoms with van der Waals surface area (Å²) in [4.78, 5) is 4.54. The molecule has 0 aliphatic rings. The van der Waals surface area contributed by atoms with Crippen molar-refractivity contribution in [2.75, 3.05) is 38.4 Å². The lowest BCUT2D eigenvalue weighted by Gasteiger charge is -2.27. The maximum Gasteiger partial charge on any atom is 0.333 e. The van der Waals surface area contributed by atoms with E-state index in [1.165, 1.54) is 0 Å². The van der Waals surface area contributed by atoms with Gasteiger partial charge in [0.2, 0.25) is 0 Å². The average Bonchev–Trinajstić information content (AvgIpc) is 2.69. The van der Waals surface area contributed by atoms with Crippen molar-refractivity contribution in [2.45, 2.75) is 47.6 Å². The summed E-state index contributed by atoms with van der Waals surface area (Å²) in [6, 6.07) is 7.51. The van der Waals surface area contributed by atoms with E-state index < -0.39 is 7.60 Å². The van der Waals surface area contributed by atoms with Crippen LogP contribution in [-0.2, 0) is 13.6 Å². The Kier molecular flexibility index (Phi) is 9.35. The van der Waals surface area contributed by atoms with E-state index in [0.29, 0.717) is 31.3 Å². The fourth-order valence-corrected chi connectivity index (χ4v) is 5.34. The molecule has 0 saturated carbocycles. The highest BCUT2D eigenvalue weighted by Crippen LogP contribution is 2.52. The molecule has 1 aromatic heterocycles. The van der Waals surface area contributed by atoms with Gasteiger partial charge < -0.3 is 23.8 Å². The van der Waals surface area contributed by atoms with Gasteiger partial charge in [-0.25, -0.2) is 0 Å². The number of methoxy groups -OCH3 is 1. The van der Waals surface area contributed by atoms with Crippen molar-refractivity contribution in [3.8, 4) is 11.5 Å². The Morgan fingerprint density at radius 1 is 1.03 bits per heavy atom. The maximum atomic E-state index is 13.4. The summed E-state index contributed by atoms with van der Waals surface area (Å²) in [5.41, 5.74) is 4.50. The highest BCUT2D eigenvalue weighted by molar-refractivity contribution is 7.53. The van der Waals surface area contributed by atoms with Gasteiger partial charge >= 0.3 is 7.60 Å². The third-order valence-corrected chi connectivity index (χ3v) is 6.90. The molecular weight excluding hydrogens is 415 g/mol. The second-order valence-electron chi connectivity index (χ2n) is 7.21. The molecule has 8 heteroatoms. The fraction of sp³-hybridized carbons (Fsp3) is 0.522. The van der Waals surface area contributed by atoms with Crippen LogP contribution in [0.4, 0.5) is 5.69 Å². The number of anilines is 1. The zero-order valence-electron chi connectivity index (χ0n) is 19.7. The second kappa shape index (κ2) is 11.5. The molecule has 0 amide bonds. The van der Waals surface area contributed by atoms with Gasteiger partial charge in [-0.3, -0.25) is 9.55 Å². The van der Waals surface area contributed by atoms with E-state index in [2.05, 4.69) is 10.3 Å². The summed E-state index contributed by atoms with van der Waals surface area (Å²) in [5.74, 6) is 1.34. The Hall–Kier alpha value is -2.08. The Balaban J connectivity index is 2.54. The van der Waals surface area contributed by atoms with Crippen LogP contribution in [-0.4, -0.2) is 38.1 Å². The fourth-order valence-electron chi connectivity index (χ4n) is 3.51. The van der Waals surface area contributed by atoms with Crippen molar-refractivity contribution in [1.82, 2.24) is 4.98 Å². The first-order valence-electron chi connectivity index (χ1n) is 10.7. The Bertz CT molecular complexity index is 909. The Labute approximate surface area is 186 Å². The lowest BCUT2D eigenvalue weighted by molar-refractivity contribution is 0.219. The van der Waals surface area contributed by atoms with Crippen LogP contribution in [0, 0.1) is 20.8 Å². The molecule has 0 spiro atoms. The molecule has 172 valence electrons. The SMILES string of the molecule is CCOc1cc(C(CP(=O)(OCC)OCC)Nc2ccc(C)nc2C)cc(C)c1OC. The van der Waals surface area contributed by atoms with Gasteiger partial charge in [-0.2, -0.15) is 0 Å². The summed E-state index contributed by atoms with van der Waals surface area (Å²) in [6.07, 6.45) is 0.166. The first-order valence-corrected chi connectivity index (χ1v) is 12.4. The number of benzene rings is 1. The minimum atomic E-state index is -3.32. The number of hydrogen-bond donors (Lipinski definition) is 1. The highest BCUT2D eigenvalue weighted by atomic mass is 31.2. The number of nitrogens with one attached hydrogen (secondary N) is 1. The van der Waals surface area contributed by atoms with Gasteiger partial charge in [0.1, 0.15) is 0 Å². The van der Waals surface area contributed by atoms with Crippen molar-refractivity contribution >= 4 is 13.3 Å². The molecule has 0 saturated heterocycles. The van der Waals surface area contributed by atoms with Gasteiger partial charge in [0.15, 0.2) is 11.5 Å². The van der Waals surface area contributed by atoms with Crippen molar-refractivity contribution in [1.29, 1.82) is 0 Å². The van der Waals surface area contributed by atoms with E-state index in [0.717, 1.165) is 28.2 Å². The lowest BCUT2D eigenvalue weighted by atomic mass is 10.0. The molecule has 1 heterocycles. The monoisotopic (exact) mass is 450 g/mol. The molecular formula is C23H35N2O5P. The molecule has 2 rings (SSSR count). The number of pyridine rings is 1. The van der Waals surface area contributed by atoms with Gasteiger partial charge in [-0.05, 0) is 70.9 Å². The van der Waals surface area contributed by atoms with E-state index >= 15 is 0 Å². The van der Waals surface area contributed by atoms with Gasteiger partial charge in [0.25, 0.3) is 0 Å².